The molecule has 3 unspecified atom stereocenters. The van der Waals surface area contributed by atoms with Crippen LogP contribution in [0.3, 0.4) is 0 Å². The molecule has 1 saturated heterocycles. The van der Waals surface area contributed by atoms with Gasteiger partial charge in [0.25, 0.3) is 0 Å². The summed E-state index contributed by atoms with van der Waals surface area (Å²) in [7, 11) is 0. The lowest BCUT2D eigenvalue weighted by atomic mass is 9.83. The number of nitrogens with one attached hydrogen (secondary N) is 1. The molecule has 0 saturated carbocycles. The van der Waals surface area contributed by atoms with Gasteiger partial charge in [0.2, 0.25) is 0 Å². The quantitative estimate of drug-likeness (QED) is 0.826. The maximum absolute atomic E-state index is 3.77. The highest BCUT2D eigenvalue weighted by atomic mass is 15.3. The Morgan fingerprint density at radius 1 is 1.22 bits per heavy atom. The molecule has 1 fully saturated rings. The van der Waals surface area contributed by atoms with Gasteiger partial charge in [-0.15, -0.1) is 0 Å². The van der Waals surface area contributed by atoms with Crippen molar-refractivity contribution in [2.75, 3.05) is 13.1 Å². The van der Waals surface area contributed by atoms with Crippen LogP contribution in [-0.2, 0) is 0 Å². The largest absolute Gasteiger partial charge is 0.311 e. The molecule has 2 nitrogen and oxygen atoms in total. The van der Waals surface area contributed by atoms with Crippen molar-refractivity contribution in [2.45, 2.75) is 79.4 Å². The molecule has 1 N–H and O–H groups in total. The summed E-state index contributed by atoms with van der Waals surface area (Å²) in [6.07, 6.45) is 2.53. The van der Waals surface area contributed by atoms with E-state index in [4.69, 9.17) is 0 Å². The van der Waals surface area contributed by atoms with Crippen LogP contribution in [0, 0.1) is 11.3 Å². The normalized spacial score (nSPS) is 28.7. The second-order valence-electron chi connectivity index (χ2n) is 7.31. The van der Waals surface area contributed by atoms with Crippen molar-refractivity contribution in [3.63, 3.8) is 0 Å². The highest BCUT2D eigenvalue weighted by Gasteiger charge is 2.36. The van der Waals surface area contributed by atoms with E-state index >= 15 is 0 Å². The average Bonchev–Trinajstić information content (AvgIpc) is 2.28. The monoisotopic (exact) mass is 254 g/mol. The fourth-order valence-corrected chi connectivity index (χ4v) is 3.27. The molecule has 0 spiro atoms. The van der Waals surface area contributed by atoms with Crippen molar-refractivity contribution in [2.24, 2.45) is 11.3 Å². The average molecular weight is 254 g/mol. The Balaban J connectivity index is 2.82. The molecule has 18 heavy (non-hydrogen) atoms. The Bertz CT molecular complexity index is 242. The zero-order valence-electron chi connectivity index (χ0n) is 13.6. The van der Waals surface area contributed by atoms with Crippen LogP contribution in [0.4, 0.5) is 0 Å². The van der Waals surface area contributed by atoms with E-state index in [1.54, 1.807) is 0 Å². The summed E-state index contributed by atoms with van der Waals surface area (Å²) in [6, 6.07) is 2.07. The molecule has 1 heterocycles. The summed E-state index contributed by atoms with van der Waals surface area (Å²) in [6.45, 7) is 18.8. The number of hydrogen-bond donors (Lipinski definition) is 1. The van der Waals surface area contributed by atoms with Crippen LogP contribution < -0.4 is 5.32 Å². The molecule has 0 bridgehead atoms. The summed E-state index contributed by atoms with van der Waals surface area (Å²) >= 11 is 0. The Hall–Kier alpha value is -0.0800. The van der Waals surface area contributed by atoms with E-state index in [-0.39, 0.29) is 0 Å². The predicted molar refractivity (Wildman–Crippen MR) is 80.9 cm³/mol. The van der Waals surface area contributed by atoms with Crippen LogP contribution in [-0.4, -0.2) is 36.1 Å². The Morgan fingerprint density at radius 2 is 1.83 bits per heavy atom. The summed E-state index contributed by atoms with van der Waals surface area (Å²) in [5, 5.41) is 3.77. The molecule has 108 valence electrons. The Kier molecular flexibility index (Phi) is 5.67. The molecule has 0 aromatic carbocycles. The maximum Gasteiger partial charge on any atom is 0.0244 e. The zero-order valence-corrected chi connectivity index (χ0v) is 13.6. The first-order valence-corrected chi connectivity index (χ1v) is 7.80. The van der Waals surface area contributed by atoms with Crippen molar-refractivity contribution >= 4 is 0 Å². The molecule has 0 amide bonds. The number of rotatable bonds is 4. The van der Waals surface area contributed by atoms with Crippen LogP contribution in [0.1, 0.15) is 61.3 Å². The summed E-state index contributed by atoms with van der Waals surface area (Å²) in [5.41, 5.74) is 0.353. The van der Waals surface area contributed by atoms with Gasteiger partial charge in [0, 0.05) is 31.2 Å². The third-order valence-electron chi connectivity index (χ3n) is 4.59. The fourth-order valence-electron chi connectivity index (χ4n) is 3.27. The highest BCUT2D eigenvalue weighted by Crippen LogP contribution is 2.28. The first-order chi connectivity index (χ1) is 8.31. The van der Waals surface area contributed by atoms with Gasteiger partial charge in [-0.1, -0.05) is 48.5 Å². The maximum atomic E-state index is 3.77. The third-order valence-corrected chi connectivity index (χ3v) is 4.59. The van der Waals surface area contributed by atoms with Gasteiger partial charge in [0.1, 0.15) is 0 Å². The van der Waals surface area contributed by atoms with E-state index in [0.717, 1.165) is 24.5 Å². The lowest BCUT2D eigenvalue weighted by Crippen LogP contribution is -2.63. The van der Waals surface area contributed by atoms with E-state index in [1.807, 2.05) is 0 Å². The zero-order chi connectivity index (χ0) is 13.9. The third kappa shape index (κ3) is 3.71. The molecule has 0 aromatic heterocycles. The number of piperazine rings is 1. The summed E-state index contributed by atoms with van der Waals surface area (Å²) in [5.74, 6) is 0.753. The molecule has 0 aliphatic carbocycles. The summed E-state index contributed by atoms with van der Waals surface area (Å²) in [4.78, 5) is 2.79. The standard InChI is InChI=1S/C16H34N2/c1-8-13-10-17-15(16(5,6)7)11-18(13)14(9-2)12(3)4/h12-15,17H,8-11H2,1-7H3. The second kappa shape index (κ2) is 6.38. The predicted octanol–water partition coefficient (Wildman–Crippen LogP) is 3.52. The van der Waals surface area contributed by atoms with Gasteiger partial charge in [0.15, 0.2) is 0 Å². The first kappa shape index (κ1) is 16.0. The molecular weight excluding hydrogens is 220 g/mol. The molecule has 3 atom stereocenters. The van der Waals surface area contributed by atoms with Gasteiger partial charge in [-0.05, 0) is 24.2 Å². The van der Waals surface area contributed by atoms with Crippen LogP contribution in [0.5, 0.6) is 0 Å². The van der Waals surface area contributed by atoms with Gasteiger partial charge in [0.05, 0.1) is 0 Å². The van der Waals surface area contributed by atoms with Crippen molar-refractivity contribution in [3.05, 3.63) is 0 Å². The minimum Gasteiger partial charge on any atom is -0.311 e. The van der Waals surface area contributed by atoms with Gasteiger partial charge in [-0.25, -0.2) is 0 Å². The molecule has 1 aliphatic rings. The van der Waals surface area contributed by atoms with Gasteiger partial charge in [-0.3, -0.25) is 4.90 Å². The molecule has 0 aromatic rings. The van der Waals surface area contributed by atoms with Crippen molar-refractivity contribution < 1.29 is 0 Å². The van der Waals surface area contributed by atoms with Crippen molar-refractivity contribution in [1.82, 2.24) is 10.2 Å². The minimum atomic E-state index is 0.353. The number of nitrogens with zero attached hydrogens (tertiary/aromatic N) is 1. The Labute approximate surface area is 115 Å². The molecule has 0 radical (unpaired) electrons. The van der Waals surface area contributed by atoms with Crippen LogP contribution in [0.2, 0.25) is 0 Å². The number of hydrogen-bond acceptors (Lipinski definition) is 2. The lowest BCUT2D eigenvalue weighted by molar-refractivity contribution is 0.0288. The molecule has 2 heteroatoms. The van der Waals surface area contributed by atoms with Crippen molar-refractivity contribution in [1.29, 1.82) is 0 Å². The van der Waals surface area contributed by atoms with E-state index in [2.05, 4.69) is 58.7 Å². The molecule has 1 aliphatic heterocycles. The highest BCUT2D eigenvalue weighted by molar-refractivity contribution is 4.94. The van der Waals surface area contributed by atoms with Crippen LogP contribution in [0.25, 0.3) is 0 Å². The van der Waals surface area contributed by atoms with E-state index in [0.29, 0.717) is 11.5 Å². The second-order valence-corrected chi connectivity index (χ2v) is 7.31. The molecule has 1 rings (SSSR count). The lowest BCUT2D eigenvalue weighted by Gasteiger charge is -2.49. The summed E-state index contributed by atoms with van der Waals surface area (Å²) < 4.78 is 0. The van der Waals surface area contributed by atoms with Crippen LogP contribution >= 0.6 is 0 Å². The van der Waals surface area contributed by atoms with Crippen molar-refractivity contribution in [3.8, 4) is 0 Å². The SMILES string of the molecule is CCC1CNC(C(C)(C)C)CN1C(CC)C(C)C. The van der Waals surface area contributed by atoms with Gasteiger partial charge >= 0.3 is 0 Å². The van der Waals surface area contributed by atoms with Gasteiger partial charge in [-0.2, -0.15) is 0 Å². The topological polar surface area (TPSA) is 15.3 Å². The van der Waals surface area contributed by atoms with E-state index < -0.39 is 0 Å². The van der Waals surface area contributed by atoms with E-state index in [9.17, 15) is 0 Å². The van der Waals surface area contributed by atoms with Gasteiger partial charge < -0.3 is 5.32 Å². The minimum absolute atomic E-state index is 0.353. The molecular formula is C16H34N2. The fraction of sp³-hybridized carbons (Fsp3) is 1.00. The smallest absolute Gasteiger partial charge is 0.0244 e. The first-order valence-electron chi connectivity index (χ1n) is 7.80. The van der Waals surface area contributed by atoms with E-state index in [1.165, 1.54) is 19.4 Å². The van der Waals surface area contributed by atoms with Crippen LogP contribution in [0.15, 0.2) is 0 Å². The Morgan fingerprint density at radius 3 is 2.22 bits per heavy atom.